The van der Waals surface area contributed by atoms with Gasteiger partial charge in [-0.2, -0.15) is 0 Å². The minimum atomic E-state index is -1.18. The topological polar surface area (TPSA) is 163 Å². The second-order valence-corrected chi connectivity index (χ2v) is 10.3. The Kier molecular flexibility index (Phi) is 10.7. The summed E-state index contributed by atoms with van der Waals surface area (Å²) in [5.41, 5.74) is 5.59. The normalized spacial score (nSPS) is 23.8. The van der Waals surface area contributed by atoms with Crippen molar-refractivity contribution in [1.29, 1.82) is 0 Å². The van der Waals surface area contributed by atoms with Gasteiger partial charge >= 0.3 is 0 Å². The van der Waals surface area contributed by atoms with Crippen LogP contribution in [-0.2, 0) is 19.2 Å². The zero-order valence-electron chi connectivity index (χ0n) is 22.9. The predicted molar refractivity (Wildman–Crippen MR) is 144 cm³/mol. The predicted octanol–water partition coefficient (Wildman–Crippen LogP) is -0.377. The number of carbonyl (C=O) groups is 5. The third kappa shape index (κ3) is 8.41. The van der Waals surface area contributed by atoms with E-state index in [-0.39, 0.29) is 43.3 Å². The zero-order chi connectivity index (χ0) is 28.5. The van der Waals surface area contributed by atoms with E-state index < -0.39 is 41.8 Å². The first-order valence-electron chi connectivity index (χ1n) is 13.5. The molecular formula is C27H40N6O6. The Balaban J connectivity index is 1.90. The summed E-state index contributed by atoms with van der Waals surface area (Å²) in [7, 11) is 0. The van der Waals surface area contributed by atoms with E-state index in [4.69, 9.17) is 10.5 Å². The maximum Gasteiger partial charge on any atom is 0.255 e. The Morgan fingerprint density at radius 1 is 1.05 bits per heavy atom. The number of nitrogens with zero attached hydrogens (tertiary/aromatic N) is 2. The lowest BCUT2D eigenvalue weighted by atomic mass is 10.0. The first-order chi connectivity index (χ1) is 18.6. The molecular weight excluding hydrogens is 504 g/mol. The van der Waals surface area contributed by atoms with Gasteiger partial charge in [0.15, 0.2) is 0 Å². The standard InChI is InChI=1S/C27H40N6O6/c1-4-32-11-13-33(14-12-32)27(38)19-9-10-24(35)29-20(15-23(28)34)26(37)31-21(17(2)3)16-39-22-8-6-5-7-18(22)25(36)30-19/h5-8,17,19-21H,4,9-16H2,1-3H3,(H2,28,34)(H,29,35)(H,30,36)(H,31,37)/t19-,20-,21+/m0/s1. The number of ether oxygens (including phenoxy) is 1. The SMILES string of the molecule is CCN1CCN(C(=O)[C@@H]2CCC(=O)N[C@@H](CC(N)=O)C(=O)N[C@@H](C(C)C)COc3ccccc3C(=O)N2)CC1. The number of benzene rings is 1. The van der Waals surface area contributed by atoms with Crippen LogP contribution < -0.4 is 26.4 Å². The van der Waals surface area contributed by atoms with Crippen molar-refractivity contribution in [3.05, 3.63) is 29.8 Å². The fourth-order valence-corrected chi connectivity index (χ4v) is 4.59. The number of carbonyl (C=O) groups excluding carboxylic acids is 5. The third-order valence-electron chi connectivity index (χ3n) is 7.13. The maximum absolute atomic E-state index is 13.5. The molecule has 3 rings (SSSR count). The minimum Gasteiger partial charge on any atom is -0.491 e. The number of nitrogens with one attached hydrogen (secondary N) is 3. The number of hydrogen-bond donors (Lipinski definition) is 4. The highest BCUT2D eigenvalue weighted by atomic mass is 16.5. The molecule has 0 saturated carbocycles. The van der Waals surface area contributed by atoms with E-state index in [9.17, 15) is 24.0 Å². The van der Waals surface area contributed by atoms with Crippen LogP contribution in [0.5, 0.6) is 5.75 Å². The molecule has 0 spiro atoms. The number of fused-ring (bicyclic) bond motifs is 1. The van der Waals surface area contributed by atoms with E-state index in [0.717, 1.165) is 19.6 Å². The molecule has 1 saturated heterocycles. The summed E-state index contributed by atoms with van der Waals surface area (Å²) < 4.78 is 5.97. The summed E-state index contributed by atoms with van der Waals surface area (Å²) in [4.78, 5) is 68.4. The van der Waals surface area contributed by atoms with Gasteiger partial charge in [0.05, 0.1) is 18.0 Å². The number of nitrogens with two attached hydrogens (primary N) is 1. The second-order valence-electron chi connectivity index (χ2n) is 10.3. The molecule has 12 heteroatoms. The van der Waals surface area contributed by atoms with Gasteiger partial charge in [-0.1, -0.05) is 32.9 Å². The Morgan fingerprint density at radius 2 is 1.74 bits per heavy atom. The van der Waals surface area contributed by atoms with Gasteiger partial charge in [-0.15, -0.1) is 0 Å². The van der Waals surface area contributed by atoms with Gasteiger partial charge in [0.25, 0.3) is 5.91 Å². The highest BCUT2D eigenvalue weighted by Crippen LogP contribution is 2.20. The molecule has 0 aromatic heterocycles. The molecule has 1 fully saturated rings. The van der Waals surface area contributed by atoms with Crippen LogP contribution in [0.3, 0.4) is 0 Å². The van der Waals surface area contributed by atoms with Crippen LogP contribution in [0.2, 0.25) is 0 Å². The summed E-state index contributed by atoms with van der Waals surface area (Å²) in [6.45, 7) is 9.24. The molecule has 2 aliphatic rings. The van der Waals surface area contributed by atoms with Crippen molar-refractivity contribution >= 4 is 29.5 Å². The quantitative estimate of drug-likeness (QED) is 0.393. The third-order valence-corrected chi connectivity index (χ3v) is 7.13. The van der Waals surface area contributed by atoms with Crippen LogP contribution >= 0.6 is 0 Å². The van der Waals surface area contributed by atoms with E-state index in [0.29, 0.717) is 18.8 Å². The first kappa shape index (κ1) is 29.9. The number of para-hydroxylation sites is 1. The van der Waals surface area contributed by atoms with Crippen LogP contribution in [-0.4, -0.2) is 96.8 Å². The Bertz CT molecular complexity index is 1050. The van der Waals surface area contributed by atoms with Crippen molar-refractivity contribution in [1.82, 2.24) is 25.8 Å². The summed E-state index contributed by atoms with van der Waals surface area (Å²) in [6, 6.07) is 4.03. The van der Waals surface area contributed by atoms with E-state index in [1.807, 2.05) is 13.8 Å². The highest BCUT2D eigenvalue weighted by molar-refractivity contribution is 6.00. The van der Waals surface area contributed by atoms with Crippen molar-refractivity contribution in [2.45, 2.75) is 58.2 Å². The molecule has 3 atom stereocenters. The van der Waals surface area contributed by atoms with Gasteiger partial charge < -0.3 is 36.2 Å². The second kappa shape index (κ2) is 13.9. The van der Waals surface area contributed by atoms with E-state index >= 15 is 0 Å². The van der Waals surface area contributed by atoms with Crippen LogP contribution in [0.4, 0.5) is 0 Å². The van der Waals surface area contributed by atoms with E-state index in [1.54, 1.807) is 29.2 Å². The Hall–Kier alpha value is -3.67. The number of hydrogen-bond acceptors (Lipinski definition) is 7. The van der Waals surface area contributed by atoms with Crippen LogP contribution in [0, 0.1) is 5.92 Å². The summed E-state index contributed by atoms with van der Waals surface area (Å²) in [6.07, 6.45) is -0.528. The van der Waals surface area contributed by atoms with Gasteiger partial charge in [-0.25, -0.2) is 0 Å². The number of amides is 5. The molecule has 12 nitrogen and oxygen atoms in total. The van der Waals surface area contributed by atoms with Crippen molar-refractivity contribution in [3.8, 4) is 5.75 Å². The minimum absolute atomic E-state index is 0.00690. The van der Waals surface area contributed by atoms with Gasteiger partial charge in [-0.3, -0.25) is 24.0 Å². The molecule has 2 heterocycles. The van der Waals surface area contributed by atoms with Crippen molar-refractivity contribution in [2.75, 3.05) is 39.3 Å². The van der Waals surface area contributed by atoms with Gasteiger partial charge in [0, 0.05) is 32.6 Å². The molecule has 5 amide bonds. The van der Waals surface area contributed by atoms with Crippen molar-refractivity contribution in [2.24, 2.45) is 11.7 Å². The Labute approximate surface area is 229 Å². The van der Waals surface area contributed by atoms with Crippen LogP contribution in [0.15, 0.2) is 24.3 Å². The maximum atomic E-state index is 13.5. The number of piperazine rings is 1. The van der Waals surface area contributed by atoms with Gasteiger partial charge in [-0.05, 0) is 31.0 Å². The monoisotopic (exact) mass is 544 g/mol. The average molecular weight is 545 g/mol. The zero-order valence-corrected chi connectivity index (χ0v) is 22.9. The lowest BCUT2D eigenvalue weighted by molar-refractivity contribution is -0.135. The van der Waals surface area contributed by atoms with E-state index in [2.05, 4.69) is 27.8 Å². The van der Waals surface area contributed by atoms with E-state index in [1.165, 1.54) is 0 Å². The van der Waals surface area contributed by atoms with Crippen molar-refractivity contribution < 1.29 is 28.7 Å². The molecule has 39 heavy (non-hydrogen) atoms. The van der Waals surface area contributed by atoms with Crippen LogP contribution in [0.25, 0.3) is 0 Å². The van der Waals surface area contributed by atoms with Gasteiger partial charge in [0.1, 0.15) is 24.4 Å². The van der Waals surface area contributed by atoms with Crippen LogP contribution in [0.1, 0.15) is 50.4 Å². The van der Waals surface area contributed by atoms with Gasteiger partial charge in [0.2, 0.25) is 23.6 Å². The lowest BCUT2D eigenvalue weighted by Crippen LogP contribution is -2.55. The van der Waals surface area contributed by atoms with Crippen molar-refractivity contribution in [3.63, 3.8) is 0 Å². The average Bonchev–Trinajstić information content (AvgIpc) is 2.91. The lowest BCUT2D eigenvalue weighted by Gasteiger charge is -2.36. The number of primary amides is 1. The summed E-state index contributed by atoms with van der Waals surface area (Å²) >= 11 is 0. The molecule has 5 N–H and O–H groups in total. The number of rotatable bonds is 5. The molecule has 0 radical (unpaired) electrons. The fourth-order valence-electron chi connectivity index (χ4n) is 4.59. The Morgan fingerprint density at radius 3 is 2.38 bits per heavy atom. The molecule has 1 aromatic carbocycles. The molecule has 214 valence electrons. The largest absolute Gasteiger partial charge is 0.491 e. The number of likely N-dealkylation sites (N-methyl/N-ethyl adjacent to an activating group) is 1. The molecule has 0 bridgehead atoms. The fraction of sp³-hybridized carbons (Fsp3) is 0.593. The molecule has 1 aromatic rings. The smallest absolute Gasteiger partial charge is 0.255 e. The highest BCUT2D eigenvalue weighted by Gasteiger charge is 2.32. The summed E-state index contributed by atoms with van der Waals surface area (Å²) in [5, 5.41) is 8.21. The molecule has 2 aliphatic heterocycles. The molecule has 0 unspecified atom stereocenters. The molecule has 0 aliphatic carbocycles. The summed E-state index contributed by atoms with van der Waals surface area (Å²) in [5.74, 6) is -2.38. The first-order valence-corrected chi connectivity index (χ1v) is 13.5.